The van der Waals surface area contributed by atoms with E-state index in [0.717, 1.165) is 5.56 Å². The van der Waals surface area contributed by atoms with E-state index in [1.54, 1.807) is 12.4 Å². The predicted octanol–water partition coefficient (Wildman–Crippen LogP) is 1.79. The number of amides is 1. The van der Waals surface area contributed by atoms with E-state index in [1.807, 2.05) is 39.8 Å². The number of nitrogens with zero attached hydrogens (tertiary/aromatic N) is 1. The quantitative estimate of drug-likeness (QED) is 0.867. The summed E-state index contributed by atoms with van der Waals surface area (Å²) in [6.07, 6.45) is 4.05. The van der Waals surface area contributed by atoms with Crippen LogP contribution in [0.15, 0.2) is 24.5 Å². The Morgan fingerprint density at radius 2 is 2.33 bits per heavy atom. The molecule has 21 heavy (non-hydrogen) atoms. The second-order valence-corrected chi connectivity index (χ2v) is 6.32. The van der Waals surface area contributed by atoms with Crippen LogP contribution in [0.25, 0.3) is 0 Å². The van der Waals surface area contributed by atoms with Crippen molar-refractivity contribution in [2.75, 3.05) is 6.61 Å². The van der Waals surface area contributed by atoms with E-state index in [1.165, 1.54) is 0 Å². The average Bonchev–Trinajstić information content (AvgIpc) is 2.47. The van der Waals surface area contributed by atoms with E-state index in [9.17, 15) is 4.79 Å². The Balaban J connectivity index is 2.04. The summed E-state index contributed by atoms with van der Waals surface area (Å²) in [6, 6.07) is 3.68. The van der Waals surface area contributed by atoms with Crippen molar-refractivity contribution in [3.05, 3.63) is 30.1 Å². The largest absolute Gasteiger partial charge is 0.378 e. The van der Waals surface area contributed by atoms with Gasteiger partial charge in [0.05, 0.1) is 12.1 Å². The SMILES string of the molecule is CCOC1CC(N)(C(=O)N[C@H](C)c2cccnc2)C1(C)C. The third kappa shape index (κ3) is 2.68. The third-order valence-electron chi connectivity index (χ3n) is 4.77. The van der Waals surface area contributed by atoms with Crippen LogP contribution in [0.5, 0.6) is 0 Å². The van der Waals surface area contributed by atoms with E-state index in [4.69, 9.17) is 10.5 Å². The standard InChI is InChI=1S/C16H25N3O2/c1-5-21-13-9-16(17,15(13,3)4)14(20)19-11(2)12-7-6-8-18-10-12/h6-8,10-11,13H,5,9,17H2,1-4H3,(H,19,20)/t11-,13?,16?/m1/s1. The fraction of sp³-hybridized carbons (Fsp3) is 0.625. The molecule has 0 spiro atoms. The van der Waals surface area contributed by atoms with Gasteiger partial charge in [-0.1, -0.05) is 19.9 Å². The molecule has 1 saturated carbocycles. The molecule has 3 atom stereocenters. The molecule has 1 amide bonds. The molecule has 1 heterocycles. The lowest BCUT2D eigenvalue weighted by atomic mass is 9.54. The highest BCUT2D eigenvalue weighted by Crippen LogP contribution is 2.50. The van der Waals surface area contributed by atoms with Crippen LogP contribution in [0.3, 0.4) is 0 Å². The number of hydrogen-bond acceptors (Lipinski definition) is 4. The second-order valence-electron chi connectivity index (χ2n) is 6.32. The van der Waals surface area contributed by atoms with Gasteiger partial charge in [-0.3, -0.25) is 9.78 Å². The maximum Gasteiger partial charge on any atom is 0.241 e. The van der Waals surface area contributed by atoms with Gasteiger partial charge in [0.25, 0.3) is 0 Å². The Morgan fingerprint density at radius 1 is 1.62 bits per heavy atom. The van der Waals surface area contributed by atoms with Crippen LogP contribution in [0.4, 0.5) is 0 Å². The van der Waals surface area contributed by atoms with Crippen LogP contribution in [-0.4, -0.2) is 29.1 Å². The van der Waals surface area contributed by atoms with Gasteiger partial charge >= 0.3 is 0 Å². The van der Waals surface area contributed by atoms with Crippen LogP contribution in [-0.2, 0) is 9.53 Å². The van der Waals surface area contributed by atoms with Crippen molar-refractivity contribution in [3.63, 3.8) is 0 Å². The molecule has 3 N–H and O–H groups in total. The average molecular weight is 291 g/mol. The number of rotatable bonds is 5. The Hall–Kier alpha value is -1.46. The number of carbonyl (C=O) groups excluding carboxylic acids is 1. The van der Waals surface area contributed by atoms with E-state index >= 15 is 0 Å². The first-order valence-corrected chi connectivity index (χ1v) is 7.44. The lowest BCUT2D eigenvalue weighted by molar-refractivity contribution is -0.171. The number of hydrogen-bond donors (Lipinski definition) is 2. The van der Waals surface area contributed by atoms with Gasteiger partial charge in [0.15, 0.2) is 0 Å². The van der Waals surface area contributed by atoms with Crippen molar-refractivity contribution >= 4 is 5.91 Å². The molecular formula is C16H25N3O2. The number of nitrogens with two attached hydrogens (primary N) is 1. The normalized spacial score (nSPS) is 28.5. The van der Waals surface area contributed by atoms with Gasteiger partial charge in [-0.05, 0) is 25.5 Å². The number of nitrogens with one attached hydrogen (secondary N) is 1. The van der Waals surface area contributed by atoms with E-state index in [2.05, 4.69) is 10.3 Å². The van der Waals surface area contributed by atoms with Gasteiger partial charge in [0.1, 0.15) is 5.54 Å². The fourth-order valence-corrected chi connectivity index (χ4v) is 2.86. The van der Waals surface area contributed by atoms with Gasteiger partial charge in [-0.15, -0.1) is 0 Å². The van der Waals surface area contributed by atoms with Crippen LogP contribution in [0.1, 0.15) is 45.7 Å². The van der Waals surface area contributed by atoms with Crippen LogP contribution in [0.2, 0.25) is 0 Å². The van der Waals surface area contributed by atoms with Gasteiger partial charge in [0, 0.05) is 30.8 Å². The number of carbonyl (C=O) groups is 1. The second kappa shape index (κ2) is 5.73. The molecule has 2 rings (SSSR count). The minimum absolute atomic E-state index is 0.0342. The summed E-state index contributed by atoms with van der Waals surface area (Å²) in [5.41, 5.74) is 6.07. The molecule has 5 heteroatoms. The van der Waals surface area contributed by atoms with Crippen LogP contribution >= 0.6 is 0 Å². The third-order valence-corrected chi connectivity index (χ3v) is 4.77. The zero-order valence-electron chi connectivity index (χ0n) is 13.2. The number of aromatic nitrogens is 1. The maximum atomic E-state index is 12.6. The highest BCUT2D eigenvalue weighted by atomic mass is 16.5. The zero-order chi connectivity index (χ0) is 15.7. The van der Waals surface area contributed by atoms with Crippen LogP contribution < -0.4 is 11.1 Å². The van der Waals surface area contributed by atoms with E-state index in [0.29, 0.717) is 13.0 Å². The van der Waals surface area contributed by atoms with Gasteiger partial charge in [-0.2, -0.15) is 0 Å². The molecule has 0 radical (unpaired) electrons. The molecule has 1 fully saturated rings. The highest BCUT2D eigenvalue weighted by molar-refractivity contribution is 5.89. The zero-order valence-corrected chi connectivity index (χ0v) is 13.2. The smallest absolute Gasteiger partial charge is 0.241 e. The summed E-state index contributed by atoms with van der Waals surface area (Å²) in [4.78, 5) is 16.7. The van der Waals surface area contributed by atoms with Crippen molar-refractivity contribution in [2.45, 2.75) is 51.8 Å². The summed E-state index contributed by atoms with van der Waals surface area (Å²) in [7, 11) is 0. The molecule has 0 bridgehead atoms. The van der Waals surface area contributed by atoms with Gasteiger partial charge < -0.3 is 15.8 Å². The first-order valence-electron chi connectivity index (χ1n) is 7.44. The van der Waals surface area contributed by atoms with Crippen molar-refractivity contribution in [1.29, 1.82) is 0 Å². The van der Waals surface area contributed by atoms with Crippen molar-refractivity contribution < 1.29 is 9.53 Å². The topological polar surface area (TPSA) is 77.2 Å². The molecule has 1 aromatic rings. The van der Waals surface area contributed by atoms with Crippen molar-refractivity contribution in [1.82, 2.24) is 10.3 Å². The predicted molar refractivity (Wildman–Crippen MR) is 81.5 cm³/mol. The number of pyridine rings is 1. The Labute approximate surface area is 126 Å². The fourth-order valence-electron chi connectivity index (χ4n) is 2.86. The first kappa shape index (κ1) is 15.9. The summed E-state index contributed by atoms with van der Waals surface area (Å²) in [5.74, 6) is -0.125. The summed E-state index contributed by atoms with van der Waals surface area (Å²) >= 11 is 0. The molecule has 5 nitrogen and oxygen atoms in total. The molecule has 1 aliphatic rings. The Morgan fingerprint density at radius 3 is 2.86 bits per heavy atom. The van der Waals surface area contributed by atoms with E-state index in [-0.39, 0.29) is 23.5 Å². The Bertz CT molecular complexity index is 504. The van der Waals surface area contributed by atoms with E-state index < -0.39 is 5.54 Å². The molecule has 2 unspecified atom stereocenters. The molecule has 1 aromatic heterocycles. The molecule has 0 aromatic carbocycles. The number of ether oxygens (including phenoxy) is 1. The Kier molecular flexibility index (Phi) is 4.35. The van der Waals surface area contributed by atoms with Gasteiger partial charge in [-0.25, -0.2) is 0 Å². The molecule has 0 aliphatic heterocycles. The summed E-state index contributed by atoms with van der Waals surface area (Å²) in [5, 5.41) is 3.00. The molecule has 0 saturated heterocycles. The minimum atomic E-state index is -0.886. The monoisotopic (exact) mass is 291 g/mol. The lowest BCUT2D eigenvalue weighted by Gasteiger charge is -2.57. The minimum Gasteiger partial charge on any atom is -0.378 e. The molecule has 116 valence electrons. The van der Waals surface area contributed by atoms with Crippen molar-refractivity contribution in [3.8, 4) is 0 Å². The van der Waals surface area contributed by atoms with Crippen LogP contribution in [0, 0.1) is 5.41 Å². The highest BCUT2D eigenvalue weighted by Gasteiger charge is 2.62. The van der Waals surface area contributed by atoms with Crippen molar-refractivity contribution in [2.24, 2.45) is 11.1 Å². The molecule has 1 aliphatic carbocycles. The summed E-state index contributed by atoms with van der Waals surface area (Å²) in [6.45, 7) is 8.51. The van der Waals surface area contributed by atoms with Gasteiger partial charge in [0.2, 0.25) is 5.91 Å². The first-order chi connectivity index (χ1) is 9.83. The lowest BCUT2D eigenvalue weighted by Crippen LogP contribution is -2.75. The summed E-state index contributed by atoms with van der Waals surface area (Å²) < 4.78 is 5.66. The molecular weight excluding hydrogens is 266 g/mol. The maximum absolute atomic E-state index is 12.6.